The van der Waals surface area contributed by atoms with Gasteiger partial charge < -0.3 is 5.32 Å². The molecule has 1 aliphatic carbocycles. The minimum atomic E-state index is -0.370. The van der Waals surface area contributed by atoms with Crippen LogP contribution in [-0.2, 0) is 4.79 Å². The molecule has 2 bridgehead atoms. The summed E-state index contributed by atoms with van der Waals surface area (Å²) in [7, 11) is 0. The van der Waals surface area contributed by atoms with Crippen LogP contribution >= 0.6 is 0 Å². The molecule has 166 valence electrons. The topological polar surface area (TPSA) is 67.8 Å². The monoisotopic (exact) mass is 436 g/mol. The second-order valence-corrected chi connectivity index (χ2v) is 10.5. The summed E-state index contributed by atoms with van der Waals surface area (Å²) in [6.07, 6.45) is 6.19. The zero-order valence-corrected chi connectivity index (χ0v) is 19.4. The number of aromatic nitrogens is 3. The summed E-state index contributed by atoms with van der Waals surface area (Å²) in [6.45, 7) is 7.29. The SMILES string of the molecule is C[C@@]1(C#Cc2cc(-c3ccccn3)nc(-c3ccccn3)c2)C[C@]2(C)CNC(=O)[C@](C)(C1)C2. The molecule has 3 atom stereocenters. The van der Waals surface area contributed by atoms with Gasteiger partial charge in [0.05, 0.1) is 22.8 Å². The van der Waals surface area contributed by atoms with E-state index < -0.39 is 0 Å². The van der Waals surface area contributed by atoms with E-state index in [0.29, 0.717) is 0 Å². The number of amides is 1. The average molecular weight is 437 g/mol. The van der Waals surface area contributed by atoms with E-state index in [0.717, 1.165) is 54.1 Å². The molecule has 0 radical (unpaired) electrons. The van der Waals surface area contributed by atoms with E-state index in [1.54, 1.807) is 12.4 Å². The Bertz CT molecular complexity index is 1210. The Kier molecular flexibility index (Phi) is 5.05. The molecule has 0 unspecified atom stereocenters. The Balaban J connectivity index is 1.56. The Morgan fingerprint density at radius 3 is 2.06 bits per heavy atom. The van der Waals surface area contributed by atoms with Gasteiger partial charge in [0.25, 0.3) is 0 Å². The van der Waals surface area contributed by atoms with E-state index >= 15 is 0 Å². The van der Waals surface area contributed by atoms with Crippen LogP contribution in [0.2, 0.25) is 0 Å². The summed E-state index contributed by atoms with van der Waals surface area (Å²) in [5.41, 5.74) is 3.48. The Hall–Kier alpha value is -3.52. The van der Waals surface area contributed by atoms with Crippen molar-refractivity contribution in [3.8, 4) is 34.6 Å². The number of nitrogens with one attached hydrogen (secondary N) is 1. The number of carbonyl (C=O) groups excluding carboxylic acids is 1. The van der Waals surface area contributed by atoms with Crippen LogP contribution in [0.4, 0.5) is 0 Å². The number of piperidine rings is 1. The average Bonchev–Trinajstić information content (AvgIpc) is 2.81. The number of fused-ring (bicyclic) bond motifs is 2. The van der Waals surface area contributed by atoms with Crippen LogP contribution in [0.5, 0.6) is 0 Å². The van der Waals surface area contributed by atoms with Crippen molar-refractivity contribution in [3.05, 3.63) is 66.5 Å². The van der Waals surface area contributed by atoms with Gasteiger partial charge in [-0.25, -0.2) is 4.98 Å². The number of nitrogens with zero attached hydrogens (tertiary/aromatic N) is 3. The molecule has 5 rings (SSSR count). The minimum absolute atomic E-state index is 0.0703. The highest BCUT2D eigenvalue weighted by Crippen LogP contribution is 2.55. The maximum Gasteiger partial charge on any atom is 0.226 e. The summed E-state index contributed by atoms with van der Waals surface area (Å²) in [5, 5.41) is 3.12. The van der Waals surface area contributed by atoms with Crippen molar-refractivity contribution in [1.29, 1.82) is 0 Å². The fourth-order valence-corrected chi connectivity index (χ4v) is 5.93. The lowest BCUT2D eigenvalue weighted by Crippen LogP contribution is -2.58. The van der Waals surface area contributed by atoms with E-state index in [1.807, 2.05) is 48.5 Å². The van der Waals surface area contributed by atoms with Crippen LogP contribution < -0.4 is 5.32 Å². The third kappa shape index (κ3) is 4.26. The number of carbonyl (C=O) groups is 1. The molecule has 2 fully saturated rings. The lowest BCUT2D eigenvalue weighted by molar-refractivity contribution is -0.144. The van der Waals surface area contributed by atoms with Crippen molar-refractivity contribution in [2.24, 2.45) is 16.2 Å². The van der Waals surface area contributed by atoms with Crippen LogP contribution in [-0.4, -0.2) is 27.4 Å². The molecule has 4 heterocycles. The molecule has 1 aliphatic heterocycles. The van der Waals surface area contributed by atoms with Crippen LogP contribution in [0.3, 0.4) is 0 Å². The molecule has 33 heavy (non-hydrogen) atoms. The maximum atomic E-state index is 12.7. The molecule has 5 heteroatoms. The van der Waals surface area contributed by atoms with Gasteiger partial charge in [-0.3, -0.25) is 14.8 Å². The molecule has 3 aromatic rings. The van der Waals surface area contributed by atoms with Gasteiger partial charge in [0.15, 0.2) is 0 Å². The second kappa shape index (κ2) is 7.81. The van der Waals surface area contributed by atoms with Crippen molar-refractivity contribution in [2.75, 3.05) is 6.54 Å². The predicted octanol–water partition coefficient (Wildman–Crippen LogP) is 4.89. The summed E-state index contributed by atoms with van der Waals surface area (Å²) >= 11 is 0. The van der Waals surface area contributed by atoms with Crippen LogP contribution in [0.25, 0.3) is 22.8 Å². The van der Waals surface area contributed by atoms with Gasteiger partial charge in [0, 0.05) is 35.3 Å². The first-order valence-electron chi connectivity index (χ1n) is 11.4. The van der Waals surface area contributed by atoms with Gasteiger partial charge >= 0.3 is 0 Å². The number of rotatable bonds is 2. The van der Waals surface area contributed by atoms with Crippen molar-refractivity contribution in [3.63, 3.8) is 0 Å². The van der Waals surface area contributed by atoms with Gasteiger partial charge in [-0.2, -0.15) is 0 Å². The van der Waals surface area contributed by atoms with Crippen molar-refractivity contribution < 1.29 is 4.79 Å². The largest absolute Gasteiger partial charge is 0.355 e. The third-order valence-corrected chi connectivity index (χ3v) is 6.83. The summed E-state index contributed by atoms with van der Waals surface area (Å²) in [6, 6.07) is 15.6. The van der Waals surface area contributed by atoms with E-state index in [4.69, 9.17) is 4.98 Å². The maximum absolute atomic E-state index is 12.7. The van der Waals surface area contributed by atoms with Gasteiger partial charge in [-0.15, -0.1) is 0 Å². The molecular weight excluding hydrogens is 408 g/mol. The molecule has 1 N–H and O–H groups in total. The summed E-state index contributed by atoms with van der Waals surface area (Å²) < 4.78 is 0. The van der Waals surface area contributed by atoms with Crippen LogP contribution in [0, 0.1) is 28.1 Å². The fourth-order valence-electron chi connectivity index (χ4n) is 5.93. The highest BCUT2D eigenvalue weighted by atomic mass is 16.2. The molecule has 3 aromatic heterocycles. The van der Waals surface area contributed by atoms with Crippen molar-refractivity contribution in [1.82, 2.24) is 20.3 Å². The first-order valence-corrected chi connectivity index (χ1v) is 11.4. The summed E-state index contributed by atoms with van der Waals surface area (Å²) in [5.74, 6) is 7.17. The Morgan fingerprint density at radius 1 is 0.848 bits per heavy atom. The molecule has 0 spiro atoms. The lowest BCUT2D eigenvalue weighted by atomic mass is 9.53. The smallest absolute Gasteiger partial charge is 0.226 e. The second-order valence-electron chi connectivity index (χ2n) is 10.5. The Labute approximate surface area is 195 Å². The van der Waals surface area contributed by atoms with Gasteiger partial charge in [0.2, 0.25) is 5.91 Å². The molecule has 5 nitrogen and oxygen atoms in total. The van der Waals surface area contributed by atoms with Crippen LogP contribution in [0.15, 0.2) is 60.9 Å². The van der Waals surface area contributed by atoms with Crippen molar-refractivity contribution in [2.45, 2.75) is 40.0 Å². The molecular formula is C28H28N4O. The van der Waals surface area contributed by atoms with Crippen molar-refractivity contribution >= 4 is 5.91 Å². The van der Waals surface area contributed by atoms with Gasteiger partial charge in [0.1, 0.15) is 0 Å². The summed E-state index contributed by atoms with van der Waals surface area (Å²) in [4.78, 5) is 26.4. The minimum Gasteiger partial charge on any atom is -0.355 e. The van der Waals surface area contributed by atoms with Gasteiger partial charge in [-0.05, 0) is 68.0 Å². The zero-order chi connectivity index (χ0) is 23.1. The van der Waals surface area contributed by atoms with E-state index in [1.165, 1.54) is 0 Å². The van der Waals surface area contributed by atoms with E-state index in [-0.39, 0.29) is 22.2 Å². The molecule has 2 aliphatic rings. The highest BCUT2D eigenvalue weighted by molar-refractivity contribution is 5.83. The highest BCUT2D eigenvalue weighted by Gasteiger charge is 2.54. The molecule has 1 saturated heterocycles. The first kappa shape index (κ1) is 21.3. The lowest BCUT2D eigenvalue weighted by Gasteiger charge is -2.53. The zero-order valence-electron chi connectivity index (χ0n) is 19.4. The molecule has 1 saturated carbocycles. The standard InChI is InChI=1S/C28H28N4O/c1-26(16-27(2)18-28(3,17-26)25(33)31-19-27)11-10-20-14-23(21-8-4-6-12-29-21)32-24(15-20)22-9-5-7-13-30-22/h4-9,12-15H,16-19H2,1-3H3,(H,31,33)/t26-,27+,28-/m1/s1. The number of hydrogen-bond acceptors (Lipinski definition) is 4. The number of hydrogen-bond donors (Lipinski definition) is 1. The van der Waals surface area contributed by atoms with Gasteiger partial charge in [-0.1, -0.05) is 37.8 Å². The normalized spacial score (nSPS) is 28.4. The van der Waals surface area contributed by atoms with Crippen LogP contribution in [0.1, 0.15) is 45.6 Å². The first-order chi connectivity index (χ1) is 15.8. The fraction of sp³-hybridized carbons (Fsp3) is 0.357. The number of pyridine rings is 3. The Morgan fingerprint density at radius 2 is 1.48 bits per heavy atom. The van der Waals surface area contributed by atoms with E-state index in [2.05, 4.69) is 47.9 Å². The third-order valence-electron chi connectivity index (χ3n) is 6.83. The quantitative estimate of drug-likeness (QED) is 0.581. The van der Waals surface area contributed by atoms with E-state index in [9.17, 15) is 4.79 Å². The predicted molar refractivity (Wildman–Crippen MR) is 129 cm³/mol. The molecule has 0 aromatic carbocycles. The molecule has 1 amide bonds.